The van der Waals surface area contributed by atoms with Crippen LogP contribution < -0.4 is 0 Å². The van der Waals surface area contributed by atoms with Gasteiger partial charge in [0.2, 0.25) is 0 Å². The lowest BCUT2D eigenvalue weighted by atomic mass is 9.75. The highest BCUT2D eigenvalue weighted by atomic mass is 16.5. The minimum absolute atomic E-state index is 0.232. The van der Waals surface area contributed by atoms with Crippen molar-refractivity contribution in [3.8, 4) is 0 Å². The standard InChI is InChI=1S/C13H27NO/c1-12(2,3)13(4,5)14(6)9-11-7-8-15-10-11/h11H,7-10H2,1-6H3. The molecular formula is C13H27NO. The van der Waals surface area contributed by atoms with E-state index in [0.29, 0.717) is 5.41 Å². The summed E-state index contributed by atoms with van der Waals surface area (Å²) >= 11 is 0. The maximum absolute atomic E-state index is 5.43. The number of hydrogen-bond acceptors (Lipinski definition) is 2. The molecule has 1 unspecified atom stereocenters. The molecule has 0 aromatic heterocycles. The molecule has 0 saturated carbocycles. The van der Waals surface area contributed by atoms with Gasteiger partial charge in [-0.15, -0.1) is 0 Å². The van der Waals surface area contributed by atoms with Gasteiger partial charge in [-0.2, -0.15) is 0 Å². The fourth-order valence-electron chi connectivity index (χ4n) is 1.92. The van der Waals surface area contributed by atoms with E-state index in [4.69, 9.17) is 4.74 Å². The molecule has 2 nitrogen and oxygen atoms in total. The maximum atomic E-state index is 5.43. The minimum atomic E-state index is 0.232. The third-order valence-corrected chi connectivity index (χ3v) is 4.35. The van der Waals surface area contributed by atoms with Gasteiger partial charge in [-0.1, -0.05) is 20.8 Å². The molecule has 0 aromatic carbocycles. The summed E-state index contributed by atoms with van der Waals surface area (Å²) in [5.74, 6) is 0.733. The molecule has 1 saturated heterocycles. The Hall–Kier alpha value is -0.0800. The molecule has 0 amide bonds. The predicted octanol–water partition coefficient (Wildman–Crippen LogP) is 2.78. The Morgan fingerprint density at radius 1 is 1.20 bits per heavy atom. The summed E-state index contributed by atoms with van der Waals surface area (Å²) in [6, 6.07) is 0. The zero-order chi connectivity index (χ0) is 11.7. The Bertz CT molecular complexity index is 199. The van der Waals surface area contributed by atoms with Crippen molar-refractivity contribution in [2.24, 2.45) is 11.3 Å². The molecule has 0 radical (unpaired) electrons. The minimum Gasteiger partial charge on any atom is -0.381 e. The number of ether oxygens (including phenoxy) is 1. The molecule has 90 valence electrons. The lowest BCUT2D eigenvalue weighted by Gasteiger charge is -2.47. The molecule has 0 aliphatic carbocycles. The van der Waals surface area contributed by atoms with E-state index in [1.54, 1.807) is 0 Å². The number of hydrogen-bond donors (Lipinski definition) is 0. The quantitative estimate of drug-likeness (QED) is 0.715. The van der Waals surface area contributed by atoms with Gasteiger partial charge in [-0.3, -0.25) is 0 Å². The lowest BCUT2D eigenvalue weighted by Crippen LogP contribution is -2.52. The van der Waals surface area contributed by atoms with Crippen LogP contribution in [0.4, 0.5) is 0 Å². The van der Waals surface area contributed by atoms with E-state index in [0.717, 1.165) is 25.7 Å². The van der Waals surface area contributed by atoms with Gasteiger partial charge in [0.1, 0.15) is 0 Å². The van der Waals surface area contributed by atoms with Gasteiger partial charge < -0.3 is 9.64 Å². The van der Waals surface area contributed by atoms with Crippen molar-refractivity contribution in [2.75, 3.05) is 26.8 Å². The van der Waals surface area contributed by atoms with E-state index in [2.05, 4.69) is 46.6 Å². The summed E-state index contributed by atoms with van der Waals surface area (Å²) in [6.07, 6.45) is 1.23. The SMILES string of the molecule is CN(CC1CCOC1)C(C)(C)C(C)(C)C. The van der Waals surface area contributed by atoms with Crippen LogP contribution in [0.2, 0.25) is 0 Å². The van der Waals surface area contributed by atoms with Crippen LogP contribution in [0, 0.1) is 11.3 Å². The largest absolute Gasteiger partial charge is 0.381 e. The van der Waals surface area contributed by atoms with Crippen LogP contribution >= 0.6 is 0 Å². The molecule has 0 spiro atoms. The number of rotatable bonds is 3. The Labute approximate surface area is 95.0 Å². The second-order valence-corrected chi connectivity index (χ2v) is 6.42. The topological polar surface area (TPSA) is 12.5 Å². The van der Waals surface area contributed by atoms with Crippen LogP contribution in [0.5, 0.6) is 0 Å². The Morgan fingerprint density at radius 2 is 1.80 bits per heavy atom. The average molecular weight is 213 g/mol. The van der Waals surface area contributed by atoms with E-state index < -0.39 is 0 Å². The van der Waals surface area contributed by atoms with Gasteiger partial charge in [0.15, 0.2) is 0 Å². The molecule has 1 rings (SSSR count). The summed E-state index contributed by atoms with van der Waals surface area (Å²) in [7, 11) is 2.24. The summed E-state index contributed by atoms with van der Waals surface area (Å²) in [5, 5.41) is 0. The first-order valence-corrected chi connectivity index (χ1v) is 6.04. The van der Waals surface area contributed by atoms with Crippen molar-refractivity contribution in [3.63, 3.8) is 0 Å². The smallest absolute Gasteiger partial charge is 0.0507 e. The monoisotopic (exact) mass is 213 g/mol. The van der Waals surface area contributed by atoms with Gasteiger partial charge in [-0.05, 0) is 38.6 Å². The summed E-state index contributed by atoms with van der Waals surface area (Å²) in [5.41, 5.74) is 0.538. The molecule has 1 atom stereocenters. The normalized spacial score (nSPS) is 23.8. The maximum Gasteiger partial charge on any atom is 0.0507 e. The van der Waals surface area contributed by atoms with Gasteiger partial charge >= 0.3 is 0 Å². The Kier molecular flexibility index (Phi) is 3.83. The molecular weight excluding hydrogens is 186 g/mol. The summed E-state index contributed by atoms with van der Waals surface area (Å²) in [4.78, 5) is 2.49. The first-order chi connectivity index (χ1) is 6.75. The highest BCUT2D eigenvalue weighted by Crippen LogP contribution is 2.35. The number of nitrogens with zero attached hydrogens (tertiary/aromatic N) is 1. The Morgan fingerprint density at radius 3 is 2.20 bits per heavy atom. The van der Waals surface area contributed by atoms with E-state index in [9.17, 15) is 0 Å². The van der Waals surface area contributed by atoms with Crippen LogP contribution in [0.3, 0.4) is 0 Å². The molecule has 1 fully saturated rings. The van der Waals surface area contributed by atoms with E-state index in [1.807, 2.05) is 0 Å². The van der Waals surface area contributed by atoms with E-state index >= 15 is 0 Å². The molecule has 1 aliphatic rings. The third kappa shape index (κ3) is 2.94. The van der Waals surface area contributed by atoms with Crippen molar-refractivity contribution < 1.29 is 4.74 Å². The van der Waals surface area contributed by atoms with E-state index in [1.165, 1.54) is 6.42 Å². The average Bonchev–Trinajstić information content (AvgIpc) is 2.54. The van der Waals surface area contributed by atoms with Crippen molar-refractivity contribution in [1.82, 2.24) is 4.90 Å². The van der Waals surface area contributed by atoms with Gasteiger partial charge in [0.05, 0.1) is 6.61 Å². The van der Waals surface area contributed by atoms with Crippen LogP contribution in [0.25, 0.3) is 0 Å². The highest BCUT2D eigenvalue weighted by Gasteiger charge is 2.37. The summed E-state index contributed by atoms with van der Waals surface area (Å²) in [6.45, 7) is 14.7. The molecule has 15 heavy (non-hydrogen) atoms. The molecule has 0 bridgehead atoms. The van der Waals surface area contributed by atoms with Crippen molar-refractivity contribution in [2.45, 2.75) is 46.6 Å². The molecule has 0 N–H and O–H groups in total. The lowest BCUT2D eigenvalue weighted by molar-refractivity contribution is 0.0301. The molecule has 1 heterocycles. The van der Waals surface area contributed by atoms with E-state index in [-0.39, 0.29) is 5.54 Å². The fourth-order valence-corrected chi connectivity index (χ4v) is 1.92. The molecule has 0 aromatic rings. The van der Waals surface area contributed by atoms with Crippen molar-refractivity contribution >= 4 is 0 Å². The third-order valence-electron chi connectivity index (χ3n) is 4.35. The van der Waals surface area contributed by atoms with Gasteiger partial charge in [-0.25, -0.2) is 0 Å². The Balaban J connectivity index is 2.54. The van der Waals surface area contributed by atoms with Gasteiger partial charge in [0, 0.05) is 18.7 Å². The second kappa shape index (κ2) is 4.42. The van der Waals surface area contributed by atoms with Crippen LogP contribution in [0.15, 0.2) is 0 Å². The first-order valence-electron chi connectivity index (χ1n) is 6.04. The fraction of sp³-hybridized carbons (Fsp3) is 1.00. The predicted molar refractivity (Wildman–Crippen MR) is 65.1 cm³/mol. The highest BCUT2D eigenvalue weighted by molar-refractivity contribution is 4.91. The summed E-state index contributed by atoms with van der Waals surface area (Å²) < 4.78 is 5.43. The molecule has 1 aliphatic heterocycles. The van der Waals surface area contributed by atoms with Crippen molar-refractivity contribution in [1.29, 1.82) is 0 Å². The van der Waals surface area contributed by atoms with Crippen LogP contribution in [0.1, 0.15) is 41.0 Å². The zero-order valence-corrected chi connectivity index (χ0v) is 11.3. The van der Waals surface area contributed by atoms with Gasteiger partial charge in [0.25, 0.3) is 0 Å². The molecule has 2 heteroatoms. The zero-order valence-electron chi connectivity index (χ0n) is 11.3. The first kappa shape index (κ1) is 13.0. The van der Waals surface area contributed by atoms with Crippen LogP contribution in [-0.2, 0) is 4.74 Å². The van der Waals surface area contributed by atoms with Crippen molar-refractivity contribution in [3.05, 3.63) is 0 Å². The van der Waals surface area contributed by atoms with Crippen LogP contribution in [-0.4, -0.2) is 37.2 Å². The second-order valence-electron chi connectivity index (χ2n) is 6.42.